The molecule has 4 nitrogen and oxygen atoms in total. The summed E-state index contributed by atoms with van der Waals surface area (Å²) in [6.45, 7) is 10.9. The minimum absolute atomic E-state index is 0.0869. The van der Waals surface area contributed by atoms with Crippen LogP contribution in [0.3, 0.4) is 0 Å². The molecule has 0 aliphatic heterocycles. The Morgan fingerprint density at radius 2 is 1.42 bits per heavy atom. The first-order valence-corrected chi connectivity index (χ1v) is 7.29. The molecule has 0 atom stereocenters. The highest BCUT2D eigenvalue weighted by Gasteiger charge is 1.98. The lowest BCUT2D eigenvalue weighted by molar-refractivity contribution is -0.144. The van der Waals surface area contributed by atoms with Gasteiger partial charge in [0, 0.05) is 12.8 Å². The van der Waals surface area contributed by atoms with Gasteiger partial charge in [0.05, 0.1) is 13.2 Å². The molecule has 0 aliphatic rings. The Balaban J connectivity index is 0. The fraction of sp³-hybridized carbons (Fsp3) is 0.867. The van der Waals surface area contributed by atoms with Crippen LogP contribution >= 0.6 is 0 Å². The second kappa shape index (κ2) is 15.0. The van der Waals surface area contributed by atoms with E-state index in [1.54, 1.807) is 6.92 Å². The number of hydrogen-bond acceptors (Lipinski definition) is 4. The van der Waals surface area contributed by atoms with E-state index in [-0.39, 0.29) is 11.9 Å². The Kier molecular flexibility index (Phi) is 16.0. The lowest BCUT2D eigenvalue weighted by Crippen LogP contribution is -2.07. The maximum atomic E-state index is 10.6. The van der Waals surface area contributed by atoms with Gasteiger partial charge in [-0.1, -0.05) is 47.5 Å². The summed E-state index contributed by atoms with van der Waals surface area (Å²) in [5, 5.41) is 0. The van der Waals surface area contributed by atoms with E-state index in [0.29, 0.717) is 32.0 Å². The minimum Gasteiger partial charge on any atom is -0.466 e. The Hall–Kier alpha value is -1.06. The van der Waals surface area contributed by atoms with E-state index in [0.717, 1.165) is 12.8 Å². The molecule has 0 bridgehead atoms. The van der Waals surface area contributed by atoms with Crippen LogP contribution in [0.5, 0.6) is 0 Å². The average Bonchev–Trinajstić information content (AvgIpc) is 2.41. The van der Waals surface area contributed by atoms with Crippen molar-refractivity contribution in [2.24, 2.45) is 5.92 Å². The standard InChI is InChI=1S/C8H16O2.C7H14O2/c1-3-5-6-7-10-8(9)4-2;1-4-7(8)9-5-6(2)3/h3-7H2,1-2H3;6H,4-5H2,1-3H3. The molecule has 0 saturated carbocycles. The van der Waals surface area contributed by atoms with Gasteiger partial charge in [-0.2, -0.15) is 0 Å². The molecule has 0 fully saturated rings. The van der Waals surface area contributed by atoms with Crippen molar-refractivity contribution in [3.63, 3.8) is 0 Å². The fourth-order valence-electron chi connectivity index (χ4n) is 1.00. The monoisotopic (exact) mass is 274 g/mol. The molecule has 0 aromatic rings. The van der Waals surface area contributed by atoms with Crippen LogP contribution in [0.1, 0.15) is 66.7 Å². The molecule has 0 spiro atoms. The molecular formula is C15H30O4. The Labute approximate surface area is 117 Å². The lowest BCUT2D eigenvalue weighted by Gasteiger charge is -2.04. The van der Waals surface area contributed by atoms with E-state index in [4.69, 9.17) is 9.47 Å². The summed E-state index contributed by atoms with van der Waals surface area (Å²) in [4.78, 5) is 21.0. The third kappa shape index (κ3) is 19.5. The number of esters is 2. The summed E-state index contributed by atoms with van der Waals surface area (Å²) >= 11 is 0. The van der Waals surface area contributed by atoms with Crippen molar-refractivity contribution in [2.45, 2.75) is 66.7 Å². The Morgan fingerprint density at radius 3 is 1.84 bits per heavy atom. The van der Waals surface area contributed by atoms with Crippen molar-refractivity contribution in [2.75, 3.05) is 13.2 Å². The van der Waals surface area contributed by atoms with E-state index in [1.165, 1.54) is 6.42 Å². The van der Waals surface area contributed by atoms with Crippen LogP contribution in [0.2, 0.25) is 0 Å². The third-order valence-electron chi connectivity index (χ3n) is 2.17. The highest BCUT2D eigenvalue weighted by Crippen LogP contribution is 1.95. The highest BCUT2D eigenvalue weighted by atomic mass is 16.5. The van der Waals surface area contributed by atoms with Crippen LogP contribution in [0.4, 0.5) is 0 Å². The largest absolute Gasteiger partial charge is 0.466 e. The molecule has 114 valence electrons. The molecule has 4 heteroatoms. The quantitative estimate of drug-likeness (QED) is 0.500. The summed E-state index contributed by atoms with van der Waals surface area (Å²) in [5.41, 5.74) is 0. The number of rotatable bonds is 8. The molecule has 0 N–H and O–H groups in total. The van der Waals surface area contributed by atoms with E-state index in [9.17, 15) is 9.59 Å². The van der Waals surface area contributed by atoms with Crippen LogP contribution in [-0.2, 0) is 19.1 Å². The number of carbonyl (C=O) groups excluding carboxylic acids is 2. The van der Waals surface area contributed by atoms with Gasteiger partial charge in [-0.3, -0.25) is 9.59 Å². The maximum Gasteiger partial charge on any atom is 0.305 e. The van der Waals surface area contributed by atoms with Crippen LogP contribution in [0.15, 0.2) is 0 Å². The summed E-state index contributed by atoms with van der Waals surface area (Å²) in [5.74, 6) is 0.250. The van der Waals surface area contributed by atoms with Gasteiger partial charge >= 0.3 is 11.9 Å². The summed E-state index contributed by atoms with van der Waals surface area (Å²) < 4.78 is 9.67. The summed E-state index contributed by atoms with van der Waals surface area (Å²) in [6.07, 6.45) is 4.29. The van der Waals surface area contributed by atoms with Crippen LogP contribution in [-0.4, -0.2) is 25.2 Å². The Morgan fingerprint density at radius 1 is 0.895 bits per heavy atom. The van der Waals surface area contributed by atoms with Gasteiger partial charge in [-0.15, -0.1) is 0 Å². The fourth-order valence-corrected chi connectivity index (χ4v) is 1.00. The van der Waals surface area contributed by atoms with Crippen molar-refractivity contribution in [3.05, 3.63) is 0 Å². The summed E-state index contributed by atoms with van der Waals surface area (Å²) in [7, 11) is 0. The molecule has 19 heavy (non-hydrogen) atoms. The molecular weight excluding hydrogens is 244 g/mol. The molecule has 0 aliphatic carbocycles. The molecule has 0 rings (SSSR count). The first-order valence-electron chi connectivity index (χ1n) is 7.29. The number of carbonyl (C=O) groups is 2. The lowest BCUT2D eigenvalue weighted by atomic mass is 10.2. The zero-order valence-electron chi connectivity index (χ0n) is 13.2. The maximum absolute atomic E-state index is 10.6. The van der Waals surface area contributed by atoms with Gasteiger partial charge in [0.2, 0.25) is 0 Å². The van der Waals surface area contributed by atoms with Gasteiger partial charge in [0.25, 0.3) is 0 Å². The van der Waals surface area contributed by atoms with E-state index in [2.05, 4.69) is 6.92 Å². The van der Waals surface area contributed by atoms with E-state index in [1.807, 2.05) is 20.8 Å². The molecule has 0 aromatic heterocycles. The zero-order chi connectivity index (χ0) is 15.1. The van der Waals surface area contributed by atoms with E-state index >= 15 is 0 Å². The van der Waals surface area contributed by atoms with Crippen molar-refractivity contribution in [3.8, 4) is 0 Å². The first kappa shape index (κ1) is 20.3. The van der Waals surface area contributed by atoms with Gasteiger partial charge < -0.3 is 9.47 Å². The molecule has 0 unspecified atom stereocenters. The molecule has 0 radical (unpaired) electrons. The summed E-state index contributed by atoms with van der Waals surface area (Å²) in [6, 6.07) is 0. The minimum atomic E-state index is -0.108. The third-order valence-corrected chi connectivity index (χ3v) is 2.17. The predicted octanol–water partition coefficient (Wildman–Crippen LogP) is 3.73. The molecule has 0 amide bonds. The second-order valence-corrected chi connectivity index (χ2v) is 4.71. The highest BCUT2D eigenvalue weighted by molar-refractivity contribution is 5.69. The first-order chi connectivity index (χ1) is 8.97. The number of hydrogen-bond donors (Lipinski definition) is 0. The zero-order valence-corrected chi connectivity index (χ0v) is 13.2. The van der Waals surface area contributed by atoms with Crippen LogP contribution in [0, 0.1) is 5.92 Å². The topological polar surface area (TPSA) is 52.6 Å². The van der Waals surface area contributed by atoms with Crippen molar-refractivity contribution < 1.29 is 19.1 Å². The van der Waals surface area contributed by atoms with Crippen molar-refractivity contribution >= 4 is 11.9 Å². The van der Waals surface area contributed by atoms with Crippen molar-refractivity contribution in [1.82, 2.24) is 0 Å². The van der Waals surface area contributed by atoms with Gasteiger partial charge in [0.15, 0.2) is 0 Å². The Bertz CT molecular complexity index is 224. The predicted molar refractivity (Wildman–Crippen MR) is 76.9 cm³/mol. The van der Waals surface area contributed by atoms with Gasteiger partial charge in [-0.25, -0.2) is 0 Å². The molecule has 0 saturated heterocycles. The number of unbranched alkanes of at least 4 members (excludes halogenated alkanes) is 2. The van der Waals surface area contributed by atoms with Crippen LogP contribution in [0.25, 0.3) is 0 Å². The van der Waals surface area contributed by atoms with Crippen molar-refractivity contribution in [1.29, 1.82) is 0 Å². The molecule has 0 aromatic carbocycles. The second-order valence-electron chi connectivity index (χ2n) is 4.71. The van der Waals surface area contributed by atoms with Crippen LogP contribution < -0.4 is 0 Å². The smallest absolute Gasteiger partial charge is 0.305 e. The number of ether oxygens (including phenoxy) is 2. The molecule has 0 heterocycles. The average molecular weight is 274 g/mol. The van der Waals surface area contributed by atoms with Gasteiger partial charge in [-0.05, 0) is 12.3 Å². The SMILES string of the molecule is CCC(=O)OCC(C)C.CCCCCOC(=O)CC. The normalized spacial score (nSPS) is 9.58. The van der Waals surface area contributed by atoms with E-state index < -0.39 is 0 Å². The van der Waals surface area contributed by atoms with Gasteiger partial charge in [0.1, 0.15) is 0 Å².